The van der Waals surface area contributed by atoms with Crippen molar-refractivity contribution in [1.29, 1.82) is 0 Å². The maximum absolute atomic E-state index is 4.68. The van der Waals surface area contributed by atoms with Crippen LogP contribution in [0.15, 0.2) is 130 Å². The molecule has 1 heteroatoms. The minimum Gasteiger partial charge on any atom is -0.187 e. The molecule has 0 aromatic heterocycles. The Morgan fingerprint density at radius 1 is 0.745 bits per heavy atom. The van der Waals surface area contributed by atoms with Crippen molar-refractivity contribution in [2.24, 2.45) is 23.7 Å². The second-order valence-corrected chi connectivity index (χ2v) is 15.3. The maximum Gasteiger partial charge on any atom is 0.210 e. The zero-order valence-electron chi connectivity index (χ0n) is 32.9. The molecule has 0 N–H and O–H groups in total. The summed E-state index contributed by atoms with van der Waals surface area (Å²) in [5.74, 6) is 1.16. The first kappa shape index (κ1) is 40.0. The van der Waals surface area contributed by atoms with Gasteiger partial charge in [-0.05, 0) is 127 Å². The van der Waals surface area contributed by atoms with Crippen LogP contribution < -0.4 is 0 Å². The Morgan fingerprint density at radius 3 is 1.87 bits per heavy atom. The molecule has 0 aromatic carbocycles. The Hall–Kier alpha value is -3.19. The van der Waals surface area contributed by atoms with Gasteiger partial charge < -0.3 is 0 Å². The van der Waals surface area contributed by atoms with Crippen LogP contribution in [-0.4, -0.2) is 15.8 Å². The van der Waals surface area contributed by atoms with E-state index >= 15 is 0 Å². The number of hydrogen-bond acceptors (Lipinski definition) is 0. The molecule has 0 amide bonds. The molecule has 0 spiro atoms. The standard InChI is InChI=1S/C46H68N/c1-19-23-25-43-35(11)30(6)26-29(5)34(10)40(21-3)32(8)28-44-39(15)41(22-4)45(47(44)46(16,17)18)27-31(7)33(9)36(12)37(13)42(24-20-2)38(43)14/h19-21,26-28,34-35,40,43H,1-3,6,22-25H2,4-5,7-18H3/q+1/b29-26+,32-28+,33-31+,37-36+,42-38+,45-27-. The van der Waals surface area contributed by atoms with Gasteiger partial charge in [-0.25, -0.2) is 0 Å². The monoisotopic (exact) mass is 635 g/mol. The highest BCUT2D eigenvalue weighted by atomic mass is 15.1. The fraction of sp³-hybridized carbons (Fsp3) is 0.500. The number of hydrogen-bond donors (Lipinski definition) is 0. The summed E-state index contributed by atoms with van der Waals surface area (Å²) in [5, 5.41) is 0. The van der Waals surface area contributed by atoms with E-state index in [4.69, 9.17) is 0 Å². The highest BCUT2D eigenvalue weighted by Crippen LogP contribution is 2.40. The highest BCUT2D eigenvalue weighted by Gasteiger charge is 2.40. The molecule has 0 fully saturated rings. The molecule has 1 nitrogen and oxygen atoms in total. The summed E-state index contributed by atoms with van der Waals surface area (Å²) in [7, 11) is 0. The molecule has 2 rings (SSSR count). The highest BCUT2D eigenvalue weighted by molar-refractivity contribution is 6.07. The number of nitrogens with zero attached hydrogens (tertiary/aromatic N) is 1. The van der Waals surface area contributed by atoms with Crippen LogP contribution in [-0.2, 0) is 0 Å². The van der Waals surface area contributed by atoms with Crippen molar-refractivity contribution in [3.05, 3.63) is 130 Å². The molecule has 2 bridgehead atoms. The van der Waals surface area contributed by atoms with Crippen molar-refractivity contribution in [3.63, 3.8) is 0 Å². The summed E-state index contributed by atoms with van der Waals surface area (Å²) in [4.78, 5) is 0. The van der Waals surface area contributed by atoms with Gasteiger partial charge in [0.2, 0.25) is 11.4 Å². The molecular weight excluding hydrogens is 567 g/mol. The smallest absolute Gasteiger partial charge is 0.187 e. The molecule has 0 saturated carbocycles. The van der Waals surface area contributed by atoms with Crippen molar-refractivity contribution in [2.75, 3.05) is 0 Å². The number of allylic oxidation sites excluding steroid dienone is 17. The lowest BCUT2D eigenvalue weighted by Gasteiger charge is -2.30. The summed E-state index contributed by atoms with van der Waals surface area (Å²) in [5.41, 5.74) is 17.4. The van der Waals surface area contributed by atoms with Crippen molar-refractivity contribution in [3.8, 4) is 0 Å². The summed E-state index contributed by atoms with van der Waals surface area (Å²) in [6, 6.07) is 0. The van der Waals surface area contributed by atoms with Crippen LogP contribution in [0.5, 0.6) is 0 Å². The molecule has 47 heavy (non-hydrogen) atoms. The van der Waals surface area contributed by atoms with E-state index < -0.39 is 0 Å². The normalized spacial score (nSPS) is 32.5. The molecule has 2 aliphatic heterocycles. The van der Waals surface area contributed by atoms with E-state index in [0.717, 1.165) is 25.7 Å². The molecular formula is C46H68N+. The van der Waals surface area contributed by atoms with Gasteiger partial charge in [0.05, 0.1) is 0 Å². The number of fused-ring (bicyclic) bond motifs is 1. The Kier molecular flexibility index (Phi) is 14.3. The van der Waals surface area contributed by atoms with Crippen LogP contribution in [0.1, 0.15) is 123 Å². The van der Waals surface area contributed by atoms with Crippen LogP contribution in [0.3, 0.4) is 0 Å². The molecule has 4 unspecified atom stereocenters. The predicted octanol–water partition coefficient (Wildman–Crippen LogP) is 13.5. The van der Waals surface area contributed by atoms with Crippen molar-refractivity contribution in [2.45, 2.75) is 128 Å². The quantitative estimate of drug-likeness (QED) is 0.194. The fourth-order valence-corrected chi connectivity index (χ4v) is 7.70. The molecule has 2 aliphatic rings. The van der Waals surface area contributed by atoms with Crippen LogP contribution in [0.25, 0.3) is 0 Å². The van der Waals surface area contributed by atoms with Crippen LogP contribution in [0.2, 0.25) is 0 Å². The Balaban J connectivity index is 3.19. The third-order valence-electron chi connectivity index (χ3n) is 11.2. The van der Waals surface area contributed by atoms with Crippen LogP contribution in [0.4, 0.5) is 0 Å². The molecule has 0 saturated heterocycles. The zero-order chi connectivity index (χ0) is 36.0. The Bertz CT molecular complexity index is 1520. The van der Waals surface area contributed by atoms with Crippen molar-refractivity contribution in [1.82, 2.24) is 0 Å². The SMILES string of the molecule is C=CCCC1/C(C)=C(CC=C)/C(C)=C(C)/C(C)=C(C)/C=C2/C(CC)=C(C)C(=[N+]2C(C)(C)C)/C=C(\C)C(C=C)C(C)/C(C)=C/C(=C)C1C. The molecule has 256 valence electrons. The molecule has 2 heterocycles. The van der Waals surface area contributed by atoms with Gasteiger partial charge in [0.15, 0.2) is 5.54 Å². The van der Waals surface area contributed by atoms with Gasteiger partial charge in [-0.3, -0.25) is 0 Å². The first-order chi connectivity index (χ1) is 21.9. The molecule has 0 aromatic rings. The lowest BCUT2D eigenvalue weighted by atomic mass is 9.75. The minimum atomic E-state index is -0.0969. The largest absolute Gasteiger partial charge is 0.210 e. The van der Waals surface area contributed by atoms with E-state index in [-0.39, 0.29) is 11.5 Å². The van der Waals surface area contributed by atoms with E-state index in [0.29, 0.717) is 17.8 Å². The number of rotatable bonds is 7. The fourth-order valence-electron chi connectivity index (χ4n) is 7.70. The van der Waals surface area contributed by atoms with Gasteiger partial charge in [0.1, 0.15) is 0 Å². The molecule has 4 atom stereocenters. The third-order valence-corrected chi connectivity index (χ3v) is 11.2. The van der Waals surface area contributed by atoms with Gasteiger partial charge in [-0.1, -0.05) is 73.9 Å². The second-order valence-electron chi connectivity index (χ2n) is 15.3. The van der Waals surface area contributed by atoms with Crippen molar-refractivity contribution < 1.29 is 4.58 Å². The van der Waals surface area contributed by atoms with Gasteiger partial charge in [0, 0.05) is 50.0 Å². The second kappa shape index (κ2) is 16.8. The molecule has 0 aliphatic carbocycles. The first-order valence-corrected chi connectivity index (χ1v) is 17.9. The minimum absolute atomic E-state index is 0.0969. The van der Waals surface area contributed by atoms with Gasteiger partial charge in [-0.2, -0.15) is 4.58 Å². The summed E-state index contributed by atoms with van der Waals surface area (Å²) < 4.78 is 2.58. The van der Waals surface area contributed by atoms with E-state index in [2.05, 4.69) is 164 Å². The Morgan fingerprint density at radius 2 is 1.36 bits per heavy atom. The van der Waals surface area contributed by atoms with Crippen molar-refractivity contribution >= 4 is 5.71 Å². The third kappa shape index (κ3) is 8.84. The average molecular weight is 635 g/mol. The first-order valence-electron chi connectivity index (χ1n) is 17.9. The van der Waals surface area contributed by atoms with E-state index in [9.17, 15) is 0 Å². The predicted molar refractivity (Wildman–Crippen MR) is 212 cm³/mol. The van der Waals surface area contributed by atoms with E-state index in [1.807, 2.05) is 0 Å². The average Bonchev–Trinajstić information content (AvgIpc) is 3.27. The summed E-state index contributed by atoms with van der Waals surface area (Å²) in [6.45, 7) is 49.7. The van der Waals surface area contributed by atoms with Gasteiger partial charge in [-0.15, -0.1) is 19.7 Å². The van der Waals surface area contributed by atoms with Crippen LogP contribution in [0, 0.1) is 23.7 Å². The van der Waals surface area contributed by atoms with E-state index in [1.54, 1.807) is 0 Å². The summed E-state index contributed by atoms with van der Waals surface area (Å²) >= 11 is 0. The van der Waals surface area contributed by atoms with Crippen LogP contribution >= 0.6 is 0 Å². The van der Waals surface area contributed by atoms with E-state index in [1.165, 1.54) is 72.7 Å². The lowest BCUT2D eigenvalue weighted by molar-refractivity contribution is -0.545. The lowest BCUT2D eigenvalue weighted by Crippen LogP contribution is -2.34. The topological polar surface area (TPSA) is 3.01 Å². The maximum atomic E-state index is 4.68. The van der Waals surface area contributed by atoms with Gasteiger partial charge in [0.25, 0.3) is 0 Å². The van der Waals surface area contributed by atoms with Gasteiger partial charge >= 0.3 is 0 Å². The summed E-state index contributed by atoms with van der Waals surface area (Å²) in [6.07, 6.45) is 17.4. The zero-order valence-corrected chi connectivity index (χ0v) is 32.9. The Labute approximate surface area is 291 Å². The molecule has 0 radical (unpaired) electrons.